The fraction of sp³-hybridized carbons (Fsp3) is 0.458. The number of anilines is 1. The van der Waals surface area contributed by atoms with Gasteiger partial charge >= 0.3 is 5.97 Å². The van der Waals surface area contributed by atoms with E-state index in [0.29, 0.717) is 25.7 Å². The topological polar surface area (TPSA) is 93.5 Å². The lowest BCUT2D eigenvalue weighted by Gasteiger charge is -2.19. The van der Waals surface area contributed by atoms with Gasteiger partial charge in [0.2, 0.25) is 5.88 Å². The zero-order valence-electron chi connectivity index (χ0n) is 18.9. The number of nitrogens with one attached hydrogen (secondary N) is 1. The Bertz CT molecular complexity index is 879. The molecule has 2 rings (SSSR count). The van der Waals surface area contributed by atoms with Crippen molar-refractivity contribution in [2.24, 2.45) is 0 Å². The van der Waals surface area contributed by atoms with Gasteiger partial charge in [0, 0.05) is 23.5 Å². The molecule has 31 heavy (non-hydrogen) atoms. The summed E-state index contributed by atoms with van der Waals surface area (Å²) in [6.45, 7) is 10.2. The molecule has 1 aromatic carbocycles. The highest BCUT2D eigenvalue weighted by Gasteiger charge is 2.16. The molecule has 166 valence electrons. The molecule has 0 atom stereocenters. The van der Waals surface area contributed by atoms with Gasteiger partial charge in [0.1, 0.15) is 17.7 Å². The Hall–Kier alpha value is -3.11. The Balaban J connectivity index is 1.73. The monoisotopic (exact) mass is 425 g/mol. The fourth-order valence-corrected chi connectivity index (χ4v) is 2.63. The predicted molar refractivity (Wildman–Crippen MR) is 120 cm³/mol. The first kappa shape index (κ1) is 24.2. The van der Waals surface area contributed by atoms with E-state index in [1.807, 2.05) is 65.0 Å². The maximum absolute atomic E-state index is 11.6. The highest BCUT2D eigenvalue weighted by molar-refractivity contribution is 5.70. The van der Waals surface area contributed by atoms with Crippen molar-refractivity contribution in [2.75, 3.05) is 25.1 Å². The Labute approximate surface area is 184 Å². The van der Waals surface area contributed by atoms with Crippen LogP contribution in [0.25, 0.3) is 11.1 Å². The number of aromatic nitrogens is 1. The second-order valence-corrected chi connectivity index (χ2v) is 8.62. The van der Waals surface area contributed by atoms with Gasteiger partial charge < -0.3 is 19.5 Å². The van der Waals surface area contributed by atoms with E-state index in [1.54, 1.807) is 12.3 Å². The second kappa shape index (κ2) is 10.8. The normalized spacial score (nSPS) is 11.5. The second-order valence-electron chi connectivity index (χ2n) is 8.62. The van der Waals surface area contributed by atoms with Crippen LogP contribution < -0.4 is 10.1 Å². The number of carbonyl (C=O) groups is 1. The van der Waals surface area contributed by atoms with E-state index < -0.39 is 11.1 Å². The summed E-state index contributed by atoms with van der Waals surface area (Å²) < 4.78 is 16.2. The van der Waals surface area contributed by atoms with Crippen LogP contribution in [0.3, 0.4) is 0 Å². The molecule has 0 radical (unpaired) electrons. The summed E-state index contributed by atoms with van der Waals surface area (Å²) in [5.74, 6) is 0.233. The first-order chi connectivity index (χ1) is 14.6. The molecule has 1 aromatic heterocycles. The molecule has 0 aliphatic carbocycles. The van der Waals surface area contributed by atoms with Gasteiger partial charge in [0.05, 0.1) is 25.7 Å². The number of rotatable bonds is 10. The largest absolute Gasteiger partial charge is 0.475 e. The SMILES string of the molecule is CC(C)(C#N)Nc1ccc(-c2ccc(OCCOCCC(=O)OC(C)(C)C)nc2)cc1. The third kappa shape index (κ3) is 9.06. The average Bonchev–Trinajstić information content (AvgIpc) is 2.70. The maximum atomic E-state index is 11.6. The molecule has 2 aromatic rings. The zero-order valence-corrected chi connectivity index (χ0v) is 18.9. The van der Waals surface area contributed by atoms with Crippen molar-refractivity contribution in [3.63, 3.8) is 0 Å². The van der Waals surface area contributed by atoms with E-state index in [2.05, 4.69) is 16.4 Å². The van der Waals surface area contributed by atoms with E-state index in [0.717, 1.165) is 16.8 Å². The highest BCUT2D eigenvalue weighted by atomic mass is 16.6. The molecule has 0 saturated carbocycles. The van der Waals surface area contributed by atoms with Crippen LogP contribution >= 0.6 is 0 Å². The van der Waals surface area contributed by atoms with E-state index in [-0.39, 0.29) is 12.4 Å². The van der Waals surface area contributed by atoms with Crippen molar-refractivity contribution < 1.29 is 19.0 Å². The van der Waals surface area contributed by atoms with Crippen LogP contribution in [0, 0.1) is 11.3 Å². The van der Waals surface area contributed by atoms with E-state index >= 15 is 0 Å². The lowest BCUT2D eigenvalue weighted by atomic mass is 10.1. The molecule has 7 nitrogen and oxygen atoms in total. The molecule has 0 spiro atoms. The number of nitriles is 1. The summed E-state index contributed by atoms with van der Waals surface area (Å²) >= 11 is 0. The van der Waals surface area contributed by atoms with Crippen molar-refractivity contribution in [3.05, 3.63) is 42.6 Å². The van der Waals surface area contributed by atoms with Gasteiger partial charge in [-0.05, 0) is 58.4 Å². The summed E-state index contributed by atoms with van der Waals surface area (Å²) in [6, 6.07) is 13.8. The van der Waals surface area contributed by atoms with Crippen molar-refractivity contribution >= 4 is 11.7 Å². The van der Waals surface area contributed by atoms with Crippen molar-refractivity contribution in [1.29, 1.82) is 5.26 Å². The van der Waals surface area contributed by atoms with Gasteiger partial charge in [-0.25, -0.2) is 4.98 Å². The number of esters is 1. The molecule has 7 heteroatoms. The third-order valence-electron chi connectivity index (χ3n) is 4.04. The van der Waals surface area contributed by atoms with Crippen LogP contribution in [0.1, 0.15) is 41.0 Å². The van der Waals surface area contributed by atoms with Gasteiger partial charge in [0.25, 0.3) is 0 Å². The Morgan fingerprint density at radius 1 is 1.00 bits per heavy atom. The molecule has 0 bridgehead atoms. The number of hydrogen-bond donors (Lipinski definition) is 1. The summed E-state index contributed by atoms with van der Waals surface area (Å²) in [6.07, 6.45) is 1.97. The lowest BCUT2D eigenvalue weighted by molar-refractivity contribution is -0.156. The van der Waals surface area contributed by atoms with Crippen molar-refractivity contribution in [2.45, 2.75) is 52.2 Å². The molecule has 0 aliphatic heterocycles. The molecule has 1 heterocycles. The Morgan fingerprint density at radius 2 is 1.68 bits per heavy atom. The number of benzene rings is 1. The van der Waals surface area contributed by atoms with E-state index in [4.69, 9.17) is 19.5 Å². The van der Waals surface area contributed by atoms with Crippen LogP contribution in [0.5, 0.6) is 5.88 Å². The number of carbonyl (C=O) groups excluding carboxylic acids is 1. The molecule has 0 aliphatic rings. The molecule has 1 N–H and O–H groups in total. The lowest BCUT2D eigenvalue weighted by Crippen LogP contribution is -2.28. The Morgan fingerprint density at radius 3 is 2.26 bits per heavy atom. The van der Waals surface area contributed by atoms with Crippen molar-refractivity contribution in [1.82, 2.24) is 4.98 Å². The molecular weight excluding hydrogens is 394 g/mol. The molecule has 0 amide bonds. The van der Waals surface area contributed by atoms with Gasteiger partial charge in [-0.2, -0.15) is 5.26 Å². The van der Waals surface area contributed by atoms with Gasteiger partial charge in [-0.1, -0.05) is 12.1 Å². The first-order valence-electron chi connectivity index (χ1n) is 10.3. The summed E-state index contributed by atoms with van der Waals surface area (Å²) in [5, 5.41) is 12.3. The maximum Gasteiger partial charge on any atom is 0.308 e. The van der Waals surface area contributed by atoms with Crippen molar-refractivity contribution in [3.8, 4) is 23.1 Å². The Kier molecular flexibility index (Phi) is 8.40. The van der Waals surface area contributed by atoms with Crippen LogP contribution in [0.4, 0.5) is 5.69 Å². The molecule has 0 unspecified atom stereocenters. The molecular formula is C24H31N3O4. The summed E-state index contributed by atoms with van der Waals surface area (Å²) in [4.78, 5) is 15.9. The van der Waals surface area contributed by atoms with Crippen LogP contribution in [-0.2, 0) is 14.3 Å². The number of hydrogen-bond acceptors (Lipinski definition) is 7. The molecule has 0 fully saturated rings. The average molecular weight is 426 g/mol. The van der Waals surface area contributed by atoms with E-state index in [1.165, 1.54) is 0 Å². The number of pyridine rings is 1. The van der Waals surface area contributed by atoms with Gasteiger partial charge in [-0.3, -0.25) is 4.79 Å². The summed E-state index contributed by atoms with van der Waals surface area (Å²) in [5.41, 5.74) is 1.76. The van der Waals surface area contributed by atoms with E-state index in [9.17, 15) is 4.79 Å². The minimum Gasteiger partial charge on any atom is -0.475 e. The van der Waals surface area contributed by atoms with Crippen LogP contribution in [-0.4, -0.2) is 41.9 Å². The van der Waals surface area contributed by atoms with Crippen LogP contribution in [0.15, 0.2) is 42.6 Å². The van der Waals surface area contributed by atoms with Gasteiger partial charge in [-0.15, -0.1) is 0 Å². The summed E-state index contributed by atoms with van der Waals surface area (Å²) in [7, 11) is 0. The minimum atomic E-state index is -0.624. The first-order valence-corrected chi connectivity index (χ1v) is 10.3. The third-order valence-corrected chi connectivity index (χ3v) is 4.04. The quantitative estimate of drug-likeness (QED) is 0.439. The minimum absolute atomic E-state index is 0.215. The predicted octanol–water partition coefficient (Wildman–Crippen LogP) is 4.59. The smallest absolute Gasteiger partial charge is 0.308 e. The van der Waals surface area contributed by atoms with Gasteiger partial charge in [0.15, 0.2) is 0 Å². The highest BCUT2D eigenvalue weighted by Crippen LogP contribution is 2.23. The number of nitrogens with zero attached hydrogens (tertiary/aromatic N) is 2. The van der Waals surface area contributed by atoms with Crippen LogP contribution in [0.2, 0.25) is 0 Å². The molecule has 0 saturated heterocycles. The number of ether oxygens (including phenoxy) is 3. The fourth-order valence-electron chi connectivity index (χ4n) is 2.63. The zero-order chi connectivity index (χ0) is 22.9. The standard InChI is InChI=1S/C24H31N3O4/c1-23(2,3)31-22(28)12-13-29-14-15-30-21-11-8-19(16-26-21)18-6-9-20(10-7-18)27-24(4,5)17-25/h6-11,16,27H,12-15H2,1-5H3.